The maximum absolute atomic E-state index is 14.6. The van der Waals surface area contributed by atoms with Gasteiger partial charge in [0.15, 0.2) is 17.2 Å². The Kier molecular flexibility index (Phi) is 6.90. The molecule has 0 saturated carbocycles. The number of hydrogen-bond acceptors (Lipinski definition) is 7. The summed E-state index contributed by atoms with van der Waals surface area (Å²) in [5.74, 6) is -1.69. The van der Waals surface area contributed by atoms with E-state index in [9.17, 15) is 31.9 Å². The minimum Gasteiger partial charge on any atom is -0.354 e. The van der Waals surface area contributed by atoms with Gasteiger partial charge in [-0.05, 0) is 48.9 Å². The van der Waals surface area contributed by atoms with E-state index >= 15 is 0 Å². The highest BCUT2D eigenvalue weighted by Crippen LogP contribution is 2.34. The Morgan fingerprint density at radius 1 is 1.05 bits per heavy atom. The van der Waals surface area contributed by atoms with E-state index in [0.717, 1.165) is 34.2 Å². The van der Waals surface area contributed by atoms with Gasteiger partial charge in [-0.1, -0.05) is 11.2 Å². The average molecular weight is 595 g/mol. The number of rotatable bonds is 6. The largest absolute Gasteiger partial charge is 0.416 e. The fourth-order valence-electron chi connectivity index (χ4n) is 5.30. The number of carbonyl (C=O) groups is 3. The Bertz CT molecular complexity index is 1880. The van der Waals surface area contributed by atoms with Crippen molar-refractivity contribution in [3.05, 3.63) is 72.2 Å². The summed E-state index contributed by atoms with van der Waals surface area (Å²) in [6.45, 7) is 0.806. The highest BCUT2D eigenvalue weighted by Gasteiger charge is 2.40. The molecule has 1 aliphatic heterocycles. The van der Waals surface area contributed by atoms with Gasteiger partial charge in [-0.15, -0.1) is 0 Å². The summed E-state index contributed by atoms with van der Waals surface area (Å²) in [6.07, 6.45) is -1.67. The molecule has 2 aromatic carbocycles. The molecule has 5 aromatic rings. The molecule has 3 aromatic heterocycles. The molecule has 4 heterocycles. The van der Waals surface area contributed by atoms with Crippen LogP contribution in [0.2, 0.25) is 0 Å². The van der Waals surface area contributed by atoms with Crippen molar-refractivity contribution in [3.8, 4) is 11.1 Å². The van der Waals surface area contributed by atoms with Crippen LogP contribution < -0.4 is 5.32 Å². The summed E-state index contributed by atoms with van der Waals surface area (Å²) in [4.78, 5) is 40.2. The maximum atomic E-state index is 14.6. The molecule has 2 atom stereocenters. The van der Waals surface area contributed by atoms with E-state index in [2.05, 4.69) is 20.7 Å². The standard InChI is InChI=1S/C29H22F4N6O4/c1-15(40)22-13-38(23-5-2-16(8-21(22)23)17-6-7-34-35-11-17)14-26(41)39-12-19(30)10-24(39)28(42)36-27-20-4-3-18(29(31,32)33)9-25(20)43-37-27/h2-9,11,13,19,24H,10,12,14H2,1H3,(H,36,37,42)/t19-,24+/m1/s1. The fourth-order valence-corrected chi connectivity index (χ4v) is 5.30. The van der Waals surface area contributed by atoms with E-state index in [1.54, 1.807) is 35.3 Å². The van der Waals surface area contributed by atoms with Crippen molar-refractivity contribution < 1.29 is 36.5 Å². The van der Waals surface area contributed by atoms with E-state index in [-0.39, 0.29) is 42.1 Å². The summed E-state index contributed by atoms with van der Waals surface area (Å²) in [5, 5.41) is 14.5. The third-order valence-corrected chi connectivity index (χ3v) is 7.40. The van der Waals surface area contributed by atoms with Crippen molar-refractivity contribution in [2.45, 2.75) is 38.3 Å². The number of hydrogen-bond donors (Lipinski definition) is 1. The number of anilines is 1. The molecular weight excluding hydrogens is 572 g/mol. The Hall–Kier alpha value is -5.14. The summed E-state index contributed by atoms with van der Waals surface area (Å²) in [5.41, 5.74) is 1.41. The van der Waals surface area contributed by atoms with Gasteiger partial charge in [0.2, 0.25) is 11.8 Å². The normalized spacial score (nSPS) is 17.1. The quantitative estimate of drug-likeness (QED) is 0.216. The molecule has 2 amide bonds. The molecule has 43 heavy (non-hydrogen) atoms. The van der Waals surface area contributed by atoms with Crippen LogP contribution in [0.25, 0.3) is 33.0 Å². The minimum atomic E-state index is -4.60. The molecule has 0 bridgehead atoms. The van der Waals surface area contributed by atoms with E-state index in [1.807, 2.05) is 12.1 Å². The molecule has 0 unspecified atom stereocenters. The zero-order valence-electron chi connectivity index (χ0n) is 22.4. The monoisotopic (exact) mass is 594 g/mol. The third-order valence-electron chi connectivity index (χ3n) is 7.40. The van der Waals surface area contributed by atoms with E-state index in [4.69, 9.17) is 4.52 Å². The lowest BCUT2D eigenvalue weighted by molar-refractivity contribution is -0.137. The van der Waals surface area contributed by atoms with Crippen molar-refractivity contribution in [1.29, 1.82) is 0 Å². The van der Waals surface area contributed by atoms with Gasteiger partial charge in [0.25, 0.3) is 0 Å². The Balaban J connectivity index is 1.24. The number of fused-ring (bicyclic) bond motifs is 2. The van der Waals surface area contributed by atoms with Crippen LogP contribution in [-0.4, -0.2) is 61.2 Å². The van der Waals surface area contributed by atoms with E-state index in [0.29, 0.717) is 16.5 Å². The number of alkyl halides is 4. The van der Waals surface area contributed by atoms with E-state index in [1.165, 1.54) is 6.92 Å². The second-order valence-electron chi connectivity index (χ2n) is 10.2. The average Bonchev–Trinajstić information content (AvgIpc) is 3.68. The highest BCUT2D eigenvalue weighted by molar-refractivity contribution is 6.08. The Morgan fingerprint density at radius 3 is 2.58 bits per heavy atom. The SMILES string of the molecule is CC(=O)c1cn(CC(=O)N2C[C@H](F)C[C@H]2C(=O)Nc2noc3cc(C(F)(F)F)ccc23)c2ccc(-c3ccnnc3)cc12. The topological polar surface area (TPSA) is 123 Å². The maximum Gasteiger partial charge on any atom is 0.416 e. The fraction of sp³-hybridized carbons (Fsp3) is 0.241. The smallest absolute Gasteiger partial charge is 0.354 e. The molecule has 220 valence electrons. The number of nitrogens with one attached hydrogen (secondary N) is 1. The van der Waals surface area contributed by atoms with Gasteiger partial charge in [0.1, 0.15) is 18.8 Å². The molecule has 1 N–H and O–H groups in total. The molecule has 0 aliphatic carbocycles. The summed E-state index contributed by atoms with van der Waals surface area (Å²) in [6, 6.07) is 8.65. The molecule has 0 spiro atoms. The van der Waals surface area contributed by atoms with Gasteiger partial charge in [0.05, 0.1) is 29.9 Å². The van der Waals surface area contributed by atoms with E-state index < -0.39 is 35.8 Å². The van der Waals surface area contributed by atoms with Gasteiger partial charge >= 0.3 is 6.18 Å². The van der Waals surface area contributed by atoms with Gasteiger partial charge in [-0.3, -0.25) is 14.4 Å². The van der Waals surface area contributed by atoms with Gasteiger partial charge in [0, 0.05) is 34.6 Å². The zero-order chi connectivity index (χ0) is 30.5. The lowest BCUT2D eigenvalue weighted by atomic mass is 10.0. The first kappa shape index (κ1) is 28.0. The number of amides is 2. The number of nitrogens with zero attached hydrogens (tertiary/aromatic N) is 5. The van der Waals surface area contributed by atoms with Crippen LogP contribution in [-0.2, 0) is 22.3 Å². The third kappa shape index (κ3) is 5.31. The summed E-state index contributed by atoms with van der Waals surface area (Å²) >= 11 is 0. The molecule has 1 aliphatic rings. The molecule has 1 saturated heterocycles. The molecule has 6 rings (SSSR count). The van der Waals surface area contributed by atoms with Crippen LogP contribution in [0.4, 0.5) is 23.4 Å². The molecule has 1 fully saturated rings. The lowest BCUT2D eigenvalue weighted by Crippen LogP contribution is -2.44. The lowest BCUT2D eigenvalue weighted by Gasteiger charge is -2.23. The van der Waals surface area contributed by atoms with Crippen LogP contribution in [0.5, 0.6) is 0 Å². The number of likely N-dealkylation sites (tertiary alicyclic amines) is 1. The second kappa shape index (κ2) is 10.6. The van der Waals surface area contributed by atoms with Crippen molar-refractivity contribution in [1.82, 2.24) is 24.8 Å². The number of carbonyl (C=O) groups excluding carboxylic acids is 3. The number of ketones is 1. The molecule has 14 heteroatoms. The van der Waals surface area contributed by atoms with Gasteiger partial charge in [-0.2, -0.15) is 23.4 Å². The number of benzene rings is 2. The summed E-state index contributed by atoms with van der Waals surface area (Å²) in [7, 11) is 0. The molecular formula is C29H22F4N6O4. The molecule has 10 nitrogen and oxygen atoms in total. The zero-order valence-corrected chi connectivity index (χ0v) is 22.4. The van der Waals surface area contributed by atoms with Crippen LogP contribution in [0.1, 0.15) is 29.3 Å². The van der Waals surface area contributed by atoms with Crippen molar-refractivity contribution in [3.63, 3.8) is 0 Å². The van der Waals surface area contributed by atoms with Crippen molar-refractivity contribution in [2.24, 2.45) is 0 Å². The first-order valence-corrected chi connectivity index (χ1v) is 13.1. The van der Waals surface area contributed by atoms with Crippen molar-refractivity contribution in [2.75, 3.05) is 11.9 Å². The van der Waals surface area contributed by atoms with Gasteiger partial charge in [-0.25, -0.2) is 4.39 Å². The van der Waals surface area contributed by atoms with Crippen LogP contribution in [0.3, 0.4) is 0 Å². The van der Waals surface area contributed by atoms with Gasteiger partial charge < -0.3 is 19.3 Å². The minimum absolute atomic E-state index is 0.117. The Labute approximate surface area is 240 Å². The van der Waals surface area contributed by atoms with Crippen molar-refractivity contribution >= 4 is 45.3 Å². The number of halogens is 4. The second-order valence-corrected chi connectivity index (χ2v) is 10.2. The summed E-state index contributed by atoms with van der Waals surface area (Å²) < 4.78 is 60.2. The number of Topliss-reactive ketones (excluding diaryl/α,β-unsaturated/α-hetero) is 1. The molecule has 0 radical (unpaired) electrons. The predicted molar refractivity (Wildman–Crippen MR) is 146 cm³/mol. The first-order chi connectivity index (χ1) is 20.5. The van der Waals surface area contributed by atoms with Crippen LogP contribution in [0.15, 0.2) is 65.6 Å². The van der Waals surface area contributed by atoms with Crippen LogP contribution >= 0.6 is 0 Å². The Morgan fingerprint density at radius 2 is 1.86 bits per heavy atom. The highest BCUT2D eigenvalue weighted by atomic mass is 19.4. The predicted octanol–water partition coefficient (Wildman–Crippen LogP) is 5.04. The first-order valence-electron chi connectivity index (χ1n) is 13.1. The van der Waals surface area contributed by atoms with Crippen LogP contribution in [0, 0.1) is 0 Å². The number of aromatic nitrogens is 4.